The van der Waals surface area contributed by atoms with Gasteiger partial charge in [0.1, 0.15) is 10.7 Å². The summed E-state index contributed by atoms with van der Waals surface area (Å²) in [6.07, 6.45) is 0. The number of halogens is 1. The van der Waals surface area contributed by atoms with E-state index in [1.165, 1.54) is 22.5 Å². The molecule has 0 N–H and O–H groups in total. The topological polar surface area (TPSA) is 37.4 Å². The molecular formula is C20H18FNO2S. The summed E-state index contributed by atoms with van der Waals surface area (Å²) < 4.78 is 41.7. The van der Waals surface area contributed by atoms with E-state index in [0.29, 0.717) is 5.69 Å². The highest BCUT2D eigenvalue weighted by molar-refractivity contribution is 7.92. The van der Waals surface area contributed by atoms with Crippen LogP contribution in [-0.4, -0.2) is 8.42 Å². The first-order chi connectivity index (χ1) is 12.0. The van der Waals surface area contributed by atoms with E-state index in [2.05, 4.69) is 0 Å². The zero-order chi connectivity index (χ0) is 17.9. The van der Waals surface area contributed by atoms with Crippen LogP contribution in [0.2, 0.25) is 0 Å². The molecule has 128 valence electrons. The lowest BCUT2D eigenvalue weighted by Crippen LogP contribution is -2.31. The molecule has 0 aliphatic heterocycles. The molecule has 3 rings (SSSR count). The molecule has 0 aliphatic carbocycles. The fourth-order valence-electron chi connectivity index (χ4n) is 2.55. The lowest BCUT2D eigenvalue weighted by Gasteiger charge is -2.25. The van der Waals surface area contributed by atoms with Crippen LogP contribution in [0.3, 0.4) is 0 Å². The molecule has 0 spiro atoms. The van der Waals surface area contributed by atoms with E-state index in [1.807, 2.05) is 49.4 Å². The van der Waals surface area contributed by atoms with Crippen molar-refractivity contribution in [1.29, 1.82) is 0 Å². The SMILES string of the molecule is Cc1ccc(N(Cc2ccccc2)S(=O)(=O)c2ccccc2F)cc1. The van der Waals surface area contributed by atoms with Gasteiger partial charge in [-0.05, 0) is 36.8 Å². The minimum absolute atomic E-state index is 0.126. The third-order valence-corrected chi connectivity index (χ3v) is 5.70. The third-order valence-electron chi connectivity index (χ3n) is 3.90. The molecule has 0 aromatic heterocycles. The monoisotopic (exact) mass is 355 g/mol. The minimum Gasteiger partial charge on any atom is -0.262 e. The average molecular weight is 355 g/mol. The highest BCUT2D eigenvalue weighted by Gasteiger charge is 2.27. The third kappa shape index (κ3) is 3.72. The number of sulfonamides is 1. The first-order valence-corrected chi connectivity index (χ1v) is 9.30. The molecule has 3 aromatic carbocycles. The second-order valence-electron chi connectivity index (χ2n) is 5.76. The number of rotatable bonds is 5. The number of hydrogen-bond donors (Lipinski definition) is 0. The van der Waals surface area contributed by atoms with Gasteiger partial charge in [0.15, 0.2) is 0 Å². The van der Waals surface area contributed by atoms with Gasteiger partial charge in [0.05, 0.1) is 12.2 Å². The van der Waals surface area contributed by atoms with Crippen LogP contribution < -0.4 is 4.31 Å². The normalized spacial score (nSPS) is 11.3. The van der Waals surface area contributed by atoms with Gasteiger partial charge in [0, 0.05) is 0 Å². The second-order valence-corrected chi connectivity index (χ2v) is 7.59. The van der Waals surface area contributed by atoms with E-state index in [0.717, 1.165) is 17.2 Å². The van der Waals surface area contributed by atoms with E-state index in [9.17, 15) is 12.8 Å². The Labute approximate surface area is 147 Å². The summed E-state index contributed by atoms with van der Waals surface area (Å²) in [6, 6.07) is 21.8. The number of hydrogen-bond acceptors (Lipinski definition) is 2. The quantitative estimate of drug-likeness (QED) is 0.674. The molecule has 0 aliphatic rings. The summed E-state index contributed by atoms with van der Waals surface area (Å²) in [5, 5.41) is 0. The zero-order valence-corrected chi connectivity index (χ0v) is 14.6. The molecule has 0 atom stereocenters. The van der Waals surface area contributed by atoms with Crippen molar-refractivity contribution in [2.75, 3.05) is 4.31 Å². The van der Waals surface area contributed by atoms with Gasteiger partial charge in [-0.25, -0.2) is 12.8 Å². The van der Waals surface area contributed by atoms with Crippen LogP contribution in [0.4, 0.5) is 10.1 Å². The van der Waals surface area contributed by atoms with E-state index >= 15 is 0 Å². The molecule has 0 amide bonds. The van der Waals surface area contributed by atoms with Crippen LogP contribution >= 0.6 is 0 Å². The molecule has 25 heavy (non-hydrogen) atoms. The van der Waals surface area contributed by atoms with E-state index in [4.69, 9.17) is 0 Å². The van der Waals surface area contributed by atoms with E-state index < -0.39 is 15.8 Å². The highest BCUT2D eigenvalue weighted by Crippen LogP contribution is 2.27. The molecule has 3 nitrogen and oxygen atoms in total. The van der Waals surface area contributed by atoms with Crippen molar-refractivity contribution in [2.24, 2.45) is 0 Å². The van der Waals surface area contributed by atoms with Crippen molar-refractivity contribution in [3.8, 4) is 0 Å². The maximum Gasteiger partial charge on any atom is 0.267 e. The van der Waals surface area contributed by atoms with Crippen LogP contribution in [0.15, 0.2) is 83.8 Å². The van der Waals surface area contributed by atoms with E-state index in [-0.39, 0.29) is 11.4 Å². The van der Waals surface area contributed by atoms with Crippen molar-refractivity contribution in [1.82, 2.24) is 0 Å². The van der Waals surface area contributed by atoms with Gasteiger partial charge >= 0.3 is 0 Å². The molecule has 0 saturated carbocycles. The Morgan fingerprint density at radius 3 is 2.08 bits per heavy atom. The number of nitrogens with zero attached hydrogens (tertiary/aromatic N) is 1. The summed E-state index contributed by atoms with van der Waals surface area (Å²) in [5.41, 5.74) is 2.34. The standard InChI is InChI=1S/C20H18FNO2S/c1-16-11-13-18(14-12-16)22(15-17-7-3-2-4-8-17)25(23,24)20-10-6-5-9-19(20)21/h2-14H,15H2,1H3. The van der Waals surface area contributed by atoms with Crippen LogP contribution in [0.5, 0.6) is 0 Å². The molecule has 3 aromatic rings. The Balaban J connectivity index is 2.10. The Hall–Kier alpha value is -2.66. The van der Waals surface area contributed by atoms with Gasteiger partial charge in [-0.3, -0.25) is 4.31 Å². The molecule has 0 radical (unpaired) electrons. The van der Waals surface area contributed by atoms with Gasteiger partial charge in [-0.2, -0.15) is 0 Å². The zero-order valence-electron chi connectivity index (χ0n) is 13.8. The smallest absolute Gasteiger partial charge is 0.262 e. The maximum absolute atomic E-state index is 14.2. The van der Waals surface area contributed by atoms with Crippen molar-refractivity contribution in [2.45, 2.75) is 18.4 Å². The molecule has 5 heteroatoms. The Bertz CT molecular complexity index is 955. The maximum atomic E-state index is 14.2. The highest BCUT2D eigenvalue weighted by atomic mass is 32.2. The average Bonchev–Trinajstić information content (AvgIpc) is 2.61. The summed E-state index contributed by atoms with van der Waals surface area (Å²) in [4.78, 5) is -0.327. The number of aryl methyl sites for hydroxylation is 1. The first kappa shape index (κ1) is 17.2. The first-order valence-electron chi connectivity index (χ1n) is 7.86. The molecule has 0 bridgehead atoms. The summed E-state index contributed by atoms with van der Waals surface area (Å²) in [7, 11) is -4.04. The molecule has 0 heterocycles. The Morgan fingerprint density at radius 2 is 1.44 bits per heavy atom. The molecule has 0 saturated heterocycles. The van der Waals surface area contributed by atoms with Crippen LogP contribution in [-0.2, 0) is 16.6 Å². The van der Waals surface area contributed by atoms with Gasteiger partial charge in [-0.1, -0.05) is 60.2 Å². The Morgan fingerprint density at radius 1 is 0.840 bits per heavy atom. The van der Waals surface area contributed by atoms with Crippen molar-refractivity contribution in [3.05, 3.63) is 95.8 Å². The fourth-order valence-corrected chi connectivity index (χ4v) is 4.07. The van der Waals surface area contributed by atoms with Gasteiger partial charge in [0.25, 0.3) is 10.0 Å². The molecular weight excluding hydrogens is 337 g/mol. The van der Waals surface area contributed by atoms with Gasteiger partial charge in [-0.15, -0.1) is 0 Å². The predicted molar refractivity (Wildman–Crippen MR) is 97.4 cm³/mol. The molecule has 0 fully saturated rings. The predicted octanol–water partition coefficient (Wildman–Crippen LogP) is 4.53. The van der Waals surface area contributed by atoms with Crippen molar-refractivity contribution >= 4 is 15.7 Å². The summed E-state index contributed by atoms with van der Waals surface area (Å²) in [5.74, 6) is -0.757. The van der Waals surface area contributed by atoms with Crippen LogP contribution in [0, 0.1) is 12.7 Å². The lowest BCUT2D eigenvalue weighted by atomic mass is 10.2. The number of anilines is 1. The Kier molecular flexibility index (Phi) is 4.86. The van der Waals surface area contributed by atoms with Gasteiger partial charge in [0.2, 0.25) is 0 Å². The fraction of sp³-hybridized carbons (Fsp3) is 0.100. The second kappa shape index (κ2) is 7.07. The van der Waals surface area contributed by atoms with Crippen LogP contribution in [0.1, 0.15) is 11.1 Å². The number of benzene rings is 3. The summed E-state index contributed by atoms with van der Waals surface area (Å²) in [6.45, 7) is 2.05. The minimum atomic E-state index is -4.04. The van der Waals surface area contributed by atoms with Crippen LogP contribution in [0.25, 0.3) is 0 Å². The van der Waals surface area contributed by atoms with Gasteiger partial charge < -0.3 is 0 Å². The lowest BCUT2D eigenvalue weighted by molar-refractivity contribution is 0.563. The molecule has 0 unspecified atom stereocenters. The van der Waals surface area contributed by atoms with Crippen molar-refractivity contribution in [3.63, 3.8) is 0 Å². The summed E-state index contributed by atoms with van der Waals surface area (Å²) >= 11 is 0. The largest absolute Gasteiger partial charge is 0.267 e. The van der Waals surface area contributed by atoms with Crippen molar-refractivity contribution < 1.29 is 12.8 Å². The van der Waals surface area contributed by atoms with E-state index in [1.54, 1.807) is 12.1 Å².